The zero-order valence-electron chi connectivity index (χ0n) is 15.5. The summed E-state index contributed by atoms with van der Waals surface area (Å²) in [7, 11) is 3.21. The molecule has 0 aliphatic rings. The number of methoxy groups -OCH3 is 2. The maximum Gasteiger partial charge on any atom is 0.318 e. The van der Waals surface area contributed by atoms with Crippen molar-refractivity contribution in [2.45, 2.75) is 13.0 Å². The van der Waals surface area contributed by atoms with Gasteiger partial charge in [0, 0.05) is 18.2 Å². The van der Waals surface area contributed by atoms with Crippen molar-refractivity contribution in [3.8, 4) is 23.0 Å². The number of hydrogen-bond acceptors (Lipinski definition) is 6. The van der Waals surface area contributed by atoms with Crippen LogP contribution in [0, 0.1) is 0 Å². The molecule has 0 bridgehead atoms. The van der Waals surface area contributed by atoms with E-state index in [1.807, 2.05) is 54.6 Å². The summed E-state index contributed by atoms with van der Waals surface area (Å²) in [4.78, 5) is 8.78. The van der Waals surface area contributed by atoms with Crippen LogP contribution in [0.5, 0.6) is 11.8 Å². The molecule has 2 N–H and O–H groups in total. The second-order valence-electron chi connectivity index (χ2n) is 6.01. The summed E-state index contributed by atoms with van der Waals surface area (Å²) in [5.74, 6) is 1.54. The van der Waals surface area contributed by atoms with E-state index < -0.39 is 0 Å². The first-order valence-corrected chi connectivity index (χ1v) is 8.72. The molecule has 27 heavy (non-hydrogen) atoms. The number of ether oxygens (including phenoxy) is 2. The van der Waals surface area contributed by atoms with Gasteiger partial charge < -0.3 is 19.9 Å². The number of rotatable bonds is 8. The van der Waals surface area contributed by atoms with E-state index in [1.165, 1.54) is 5.56 Å². The van der Waals surface area contributed by atoms with Gasteiger partial charge in [0.15, 0.2) is 0 Å². The van der Waals surface area contributed by atoms with Gasteiger partial charge in [0.05, 0.1) is 26.5 Å². The largest absolute Gasteiger partial charge is 0.497 e. The second kappa shape index (κ2) is 9.00. The van der Waals surface area contributed by atoms with Crippen molar-refractivity contribution in [2.75, 3.05) is 26.1 Å². The normalized spacial score (nSPS) is 10.5. The number of aliphatic hydroxyl groups is 1. The molecule has 0 amide bonds. The van der Waals surface area contributed by atoms with Crippen LogP contribution in [0.4, 0.5) is 5.82 Å². The standard InChI is InChI=1S/C21H23N3O3/c1-26-18-8-6-15(7-9-18)10-11-22-20-13-19(23-21(24-20)27-2)17-5-3-4-16(12-17)14-25/h3-9,12-13,25H,10-11,14H2,1-2H3,(H,22,23,24). The molecule has 0 aliphatic heterocycles. The fourth-order valence-electron chi connectivity index (χ4n) is 2.71. The minimum Gasteiger partial charge on any atom is -0.497 e. The molecule has 6 heteroatoms. The lowest BCUT2D eigenvalue weighted by molar-refractivity contribution is 0.282. The van der Waals surface area contributed by atoms with E-state index in [-0.39, 0.29) is 6.61 Å². The first-order chi connectivity index (χ1) is 13.2. The molecule has 0 saturated heterocycles. The minimum atomic E-state index is -0.0109. The smallest absolute Gasteiger partial charge is 0.318 e. The van der Waals surface area contributed by atoms with Crippen molar-refractivity contribution < 1.29 is 14.6 Å². The number of nitrogens with one attached hydrogen (secondary N) is 1. The van der Waals surface area contributed by atoms with E-state index in [9.17, 15) is 5.11 Å². The molecule has 0 radical (unpaired) electrons. The van der Waals surface area contributed by atoms with E-state index in [2.05, 4.69) is 15.3 Å². The van der Waals surface area contributed by atoms with Crippen LogP contribution in [0.1, 0.15) is 11.1 Å². The van der Waals surface area contributed by atoms with Gasteiger partial charge in [-0.2, -0.15) is 9.97 Å². The Morgan fingerprint density at radius 1 is 0.926 bits per heavy atom. The highest BCUT2D eigenvalue weighted by Gasteiger charge is 2.08. The number of nitrogens with zero attached hydrogens (tertiary/aromatic N) is 2. The highest BCUT2D eigenvalue weighted by atomic mass is 16.5. The van der Waals surface area contributed by atoms with Gasteiger partial charge in [0.25, 0.3) is 0 Å². The molecule has 0 aliphatic carbocycles. The molecular weight excluding hydrogens is 342 g/mol. The van der Waals surface area contributed by atoms with Gasteiger partial charge in [-0.1, -0.05) is 30.3 Å². The van der Waals surface area contributed by atoms with Crippen LogP contribution in [0.25, 0.3) is 11.3 Å². The summed E-state index contributed by atoms with van der Waals surface area (Å²) in [5.41, 5.74) is 3.68. The quantitative estimate of drug-likeness (QED) is 0.638. The van der Waals surface area contributed by atoms with E-state index in [4.69, 9.17) is 9.47 Å². The van der Waals surface area contributed by atoms with E-state index in [1.54, 1.807) is 14.2 Å². The summed E-state index contributed by atoms with van der Waals surface area (Å²) in [6.45, 7) is 0.714. The number of hydrogen-bond donors (Lipinski definition) is 2. The van der Waals surface area contributed by atoms with Crippen LogP contribution in [0.15, 0.2) is 54.6 Å². The highest BCUT2D eigenvalue weighted by molar-refractivity contribution is 5.63. The summed E-state index contributed by atoms with van der Waals surface area (Å²) in [6.07, 6.45) is 0.853. The third kappa shape index (κ3) is 4.95. The summed E-state index contributed by atoms with van der Waals surface area (Å²) in [5, 5.41) is 12.7. The molecule has 0 unspecified atom stereocenters. The monoisotopic (exact) mass is 365 g/mol. The number of anilines is 1. The first-order valence-electron chi connectivity index (χ1n) is 8.72. The Kier molecular flexibility index (Phi) is 6.22. The SMILES string of the molecule is COc1ccc(CCNc2cc(-c3cccc(CO)c3)nc(OC)n2)cc1. The van der Waals surface area contributed by atoms with Crippen LogP contribution in [0.2, 0.25) is 0 Å². The van der Waals surface area contributed by atoms with Crippen LogP contribution in [0.3, 0.4) is 0 Å². The van der Waals surface area contributed by atoms with Gasteiger partial charge in [0.2, 0.25) is 0 Å². The van der Waals surface area contributed by atoms with Gasteiger partial charge in [-0.3, -0.25) is 0 Å². The summed E-state index contributed by atoms with van der Waals surface area (Å²) in [6, 6.07) is 17.8. The molecule has 140 valence electrons. The Labute approximate surface area is 158 Å². The van der Waals surface area contributed by atoms with Crippen molar-refractivity contribution in [1.82, 2.24) is 9.97 Å². The van der Waals surface area contributed by atoms with Crippen LogP contribution in [-0.2, 0) is 13.0 Å². The topological polar surface area (TPSA) is 76.5 Å². The number of aliphatic hydroxyl groups excluding tert-OH is 1. The highest BCUT2D eigenvalue weighted by Crippen LogP contribution is 2.23. The Bertz CT molecular complexity index is 882. The maximum atomic E-state index is 9.34. The number of benzene rings is 2. The molecule has 3 rings (SSSR count). The average molecular weight is 365 g/mol. The lowest BCUT2D eigenvalue weighted by Gasteiger charge is -2.10. The third-order valence-electron chi connectivity index (χ3n) is 4.17. The second-order valence-corrected chi connectivity index (χ2v) is 6.01. The number of aromatic nitrogens is 2. The average Bonchev–Trinajstić information content (AvgIpc) is 2.74. The van der Waals surface area contributed by atoms with Crippen molar-refractivity contribution in [3.63, 3.8) is 0 Å². The van der Waals surface area contributed by atoms with Gasteiger partial charge >= 0.3 is 6.01 Å². The predicted molar refractivity (Wildman–Crippen MR) is 105 cm³/mol. The predicted octanol–water partition coefficient (Wildman–Crippen LogP) is 3.31. The van der Waals surface area contributed by atoms with Gasteiger partial charge in [-0.15, -0.1) is 0 Å². The molecular formula is C21H23N3O3. The summed E-state index contributed by atoms with van der Waals surface area (Å²) < 4.78 is 10.4. The zero-order chi connectivity index (χ0) is 19.1. The van der Waals surface area contributed by atoms with Crippen molar-refractivity contribution in [1.29, 1.82) is 0 Å². The zero-order valence-corrected chi connectivity index (χ0v) is 15.5. The first kappa shape index (κ1) is 18.7. The molecule has 2 aromatic carbocycles. The Balaban J connectivity index is 1.72. The van der Waals surface area contributed by atoms with Crippen LogP contribution in [-0.4, -0.2) is 35.8 Å². The molecule has 0 atom stereocenters. The molecule has 1 heterocycles. The molecule has 0 fully saturated rings. The van der Waals surface area contributed by atoms with Gasteiger partial charge in [-0.05, 0) is 35.7 Å². The van der Waals surface area contributed by atoms with E-state index in [0.29, 0.717) is 11.8 Å². The molecule has 3 aromatic rings. The summed E-state index contributed by atoms with van der Waals surface area (Å²) >= 11 is 0. The fourth-order valence-corrected chi connectivity index (χ4v) is 2.71. The molecule has 1 aromatic heterocycles. The van der Waals surface area contributed by atoms with Crippen molar-refractivity contribution in [2.24, 2.45) is 0 Å². The van der Waals surface area contributed by atoms with E-state index in [0.717, 1.165) is 35.5 Å². The molecule has 0 spiro atoms. The van der Waals surface area contributed by atoms with Gasteiger partial charge in [0.1, 0.15) is 11.6 Å². The Morgan fingerprint density at radius 2 is 1.74 bits per heavy atom. The van der Waals surface area contributed by atoms with Crippen LogP contribution >= 0.6 is 0 Å². The molecule has 6 nitrogen and oxygen atoms in total. The van der Waals surface area contributed by atoms with E-state index >= 15 is 0 Å². The Morgan fingerprint density at radius 3 is 2.44 bits per heavy atom. The van der Waals surface area contributed by atoms with Crippen molar-refractivity contribution in [3.05, 3.63) is 65.7 Å². The Hall–Kier alpha value is -3.12. The van der Waals surface area contributed by atoms with Crippen LogP contribution < -0.4 is 14.8 Å². The maximum absolute atomic E-state index is 9.34. The lowest BCUT2D eigenvalue weighted by Crippen LogP contribution is -2.08. The van der Waals surface area contributed by atoms with Gasteiger partial charge in [-0.25, -0.2) is 0 Å². The van der Waals surface area contributed by atoms with Crippen molar-refractivity contribution >= 4 is 5.82 Å². The minimum absolute atomic E-state index is 0.0109. The third-order valence-corrected chi connectivity index (χ3v) is 4.17. The molecule has 0 saturated carbocycles. The lowest BCUT2D eigenvalue weighted by atomic mass is 10.1. The fraction of sp³-hybridized carbons (Fsp3) is 0.238.